The Hall–Kier alpha value is -1.67. The molecule has 0 heterocycles. The summed E-state index contributed by atoms with van der Waals surface area (Å²) >= 11 is 0. The Morgan fingerprint density at radius 1 is 1.33 bits per heavy atom. The van der Waals surface area contributed by atoms with E-state index in [-0.39, 0.29) is 11.4 Å². The lowest BCUT2D eigenvalue weighted by Gasteiger charge is -2.03. The Bertz CT molecular complexity index is 453. The summed E-state index contributed by atoms with van der Waals surface area (Å²) in [6.07, 6.45) is 0.929. The molecule has 82 valence electrons. The van der Waals surface area contributed by atoms with Crippen LogP contribution in [0.3, 0.4) is 0 Å². The minimum atomic E-state index is -3.45. The second-order valence-corrected chi connectivity index (χ2v) is 4.42. The molecule has 0 bridgehead atoms. The predicted molar refractivity (Wildman–Crippen MR) is 51.7 cm³/mol. The third-order valence-corrected chi connectivity index (χ3v) is 1.74. The first-order valence-electron chi connectivity index (χ1n) is 3.76. The van der Waals surface area contributed by atoms with Crippen LogP contribution in [0.5, 0.6) is 5.75 Å². The van der Waals surface area contributed by atoms with Crippen LogP contribution in [0.25, 0.3) is 0 Å². The molecule has 0 saturated carbocycles. The highest BCUT2D eigenvalue weighted by molar-refractivity contribution is 7.88. The molecule has 0 radical (unpaired) electrons. The van der Waals surface area contributed by atoms with Crippen LogP contribution in [0.15, 0.2) is 24.3 Å². The lowest BCUT2D eigenvalue weighted by Crippen LogP contribution is -2.25. The Labute approximate surface area is 85.8 Å². The number of non-ortho nitro benzene ring substituents is 1. The van der Waals surface area contributed by atoms with Crippen molar-refractivity contribution in [1.29, 1.82) is 0 Å². The van der Waals surface area contributed by atoms with Gasteiger partial charge in [-0.1, -0.05) is 0 Å². The molecule has 1 N–H and O–H groups in total. The number of benzene rings is 1. The van der Waals surface area contributed by atoms with Crippen molar-refractivity contribution in [3.05, 3.63) is 34.4 Å². The molecule has 1 aromatic carbocycles. The van der Waals surface area contributed by atoms with E-state index >= 15 is 0 Å². The van der Waals surface area contributed by atoms with Gasteiger partial charge < -0.3 is 4.84 Å². The van der Waals surface area contributed by atoms with Crippen LogP contribution in [0, 0.1) is 10.1 Å². The van der Waals surface area contributed by atoms with Gasteiger partial charge in [0.1, 0.15) is 5.75 Å². The van der Waals surface area contributed by atoms with E-state index < -0.39 is 14.9 Å². The Kier molecular flexibility index (Phi) is 3.22. The lowest BCUT2D eigenvalue weighted by molar-refractivity contribution is -0.384. The number of hydrogen-bond acceptors (Lipinski definition) is 5. The van der Waals surface area contributed by atoms with Crippen molar-refractivity contribution in [2.75, 3.05) is 6.26 Å². The highest BCUT2D eigenvalue weighted by Gasteiger charge is 2.06. The highest BCUT2D eigenvalue weighted by atomic mass is 32.2. The molecule has 8 heteroatoms. The van der Waals surface area contributed by atoms with E-state index in [9.17, 15) is 18.5 Å². The molecule has 15 heavy (non-hydrogen) atoms. The van der Waals surface area contributed by atoms with Crippen molar-refractivity contribution in [3.63, 3.8) is 0 Å². The summed E-state index contributed by atoms with van der Waals surface area (Å²) < 4.78 is 21.3. The van der Waals surface area contributed by atoms with Crippen molar-refractivity contribution >= 4 is 15.7 Å². The zero-order valence-corrected chi connectivity index (χ0v) is 8.52. The summed E-state index contributed by atoms with van der Waals surface area (Å²) in [6, 6.07) is 4.99. The Morgan fingerprint density at radius 3 is 2.27 bits per heavy atom. The summed E-state index contributed by atoms with van der Waals surface area (Å²) in [5, 5.41) is 10.3. The van der Waals surface area contributed by atoms with Gasteiger partial charge in [-0.05, 0) is 17.0 Å². The number of nitro benzene ring substituents is 1. The smallest absolute Gasteiger partial charge is 0.269 e. The van der Waals surface area contributed by atoms with Crippen molar-refractivity contribution in [2.45, 2.75) is 0 Å². The summed E-state index contributed by atoms with van der Waals surface area (Å²) in [7, 11) is -3.45. The molecule has 0 amide bonds. The van der Waals surface area contributed by atoms with E-state index in [0.29, 0.717) is 0 Å². The molecule has 0 spiro atoms. The number of nitrogens with zero attached hydrogens (tertiary/aromatic N) is 1. The van der Waals surface area contributed by atoms with Gasteiger partial charge in [0.05, 0.1) is 11.2 Å². The molecular weight excluding hydrogens is 224 g/mol. The summed E-state index contributed by atoms with van der Waals surface area (Å²) in [5.41, 5.74) is -0.0956. The van der Waals surface area contributed by atoms with Gasteiger partial charge in [-0.25, -0.2) is 8.42 Å². The molecule has 0 aliphatic rings. The standard InChI is InChI=1S/C7H8N2O5S/c1-15(12,13)8-14-7-4-2-6(3-5-7)9(10)11/h2-5,8H,1H3. The maximum Gasteiger partial charge on any atom is 0.269 e. The molecule has 0 aliphatic heterocycles. The number of hydrogen-bond donors (Lipinski definition) is 1. The number of nitro groups is 1. The third kappa shape index (κ3) is 3.92. The van der Waals surface area contributed by atoms with E-state index in [2.05, 4.69) is 4.84 Å². The number of rotatable bonds is 4. The summed E-state index contributed by atoms with van der Waals surface area (Å²) in [6.45, 7) is 0. The van der Waals surface area contributed by atoms with Gasteiger partial charge >= 0.3 is 0 Å². The van der Waals surface area contributed by atoms with Crippen molar-refractivity contribution in [2.24, 2.45) is 0 Å². The van der Waals surface area contributed by atoms with Crippen LogP contribution >= 0.6 is 0 Å². The fraction of sp³-hybridized carbons (Fsp3) is 0.143. The highest BCUT2D eigenvalue weighted by Crippen LogP contribution is 2.16. The lowest BCUT2D eigenvalue weighted by atomic mass is 10.3. The van der Waals surface area contributed by atoms with Gasteiger partial charge in [-0.15, -0.1) is 0 Å². The van der Waals surface area contributed by atoms with E-state index in [1.807, 2.05) is 0 Å². The normalized spacial score (nSPS) is 11.0. The van der Waals surface area contributed by atoms with Crippen molar-refractivity contribution < 1.29 is 18.2 Å². The molecule has 1 aromatic rings. The van der Waals surface area contributed by atoms with Crippen LogP contribution < -0.4 is 9.72 Å². The minimum Gasteiger partial charge on any atom is -0.394 e. The zero-order valence-electron chi connectivity index (χ0n) is 7.71. The molecule has 0 fully saturated rings. The monoisotopic (exact) mass is 232 g/mol. The molecule has 0 saturated heterocycles. The SMILES string of the molecule is CS(=O)(=O)NOc1ccc([N+](=O)[O-])cc1. The third-order valence-electron chi connectivity index (χ3n) is 1.36. The van der Waals surface area contributed by atoms with Gasteiger partial charge in [0.2, 0.25) is 10.0 Å². The van der Waals surface area contributed by atoms with Crippen LogP contribution in [0.2, 0.25) is 0 Å². The van der Waals surface area contributed by atoms with Crippen molar-refractivity contribution in [3.8, 4) is 5.75 Å². The van der Waals surface area contributed by atoms with Crippen LogP contribution in [-0.4, -0.2) is 19.6 Å². The zero-order chi connectivity index (χ0) is 11.5. The van der Waals surface area contributed by atoms with E-state index in [4.69, 9.17) is 0 Å². The number of nitrogens with one attached hydrogen (secondary N) is 1. The molecular formula is C7H8N2O5S. The van der Waals surface area contributed by atoms with Crippen LogP contribution in [0.4, 0.5) is 5.69 Å². The maximum atomic E-state index is 10.6. The minimum absolute atomic E-state index is 0.0956. The molecule has 0 aromatic heterocycles. The molecule has 0 atom stereocenters. The Balaban J connectivity index is 2.69. The second-order valence-electron chi connectivity index (χ2n) is 2.71. The van der Waals surface area contributed by atoms with E-state index in [0.717, 1.165) is 6.26 Å². The first kappa shape index (κ1) is 11.4. The number of sulfonamides is 1. The quantitative estimate of drug-likeness (QED) is 0.599. The van der Waals surface area contributed by atoms with Gasteiger partial charge in [-0.2, -0.15) is 0 Å². The van der Waals surface area contributed by atoms with Gasteiger partial charge in [0.15, 0.2) is 0 Å². The summed E-state index contributed by atoms with van der Waals surface area (Å²) in [4.78, 5) is 16.2. The van der Waals surface area contributed by atoms with Gasteiger partial charge in [-0.3, -0.25) is 10.1 Å². The summed E-state index contributed by atoms with van der Waals surface area (Å²) in [5.74, 6) is 0.172. The largest absolute Gasteiger partial charge is 0.394 e. The van der Waals surface area contributed by atoms with Gasteiger partial charge in [0, 0.05) is 12.1 Å². The first-order valence-corrected chi connectivity index (χ1v) is 5.66. The average Bonchev–Trinajstić information content (AvgIpc) is 2.14. The molecule has 0 unspecified atom stereocenters. The van der Waals surface area contributed by atoms with E-state index in [1.54, 1.807) is 4.89 Å². The molecule has 0 aliphatic carbocycles. The average molecular weight is 232 g/mol. The second kappa shape index (κ2) is 4.24. The fourth-order valence-corrected chi connectivity index (χ4v) is 1.01. The van der Waals surface area contributed by atoms with Crippen LogP contribution in [0.1, 0.15) is 0 Å². The van der Waals surface area contributed by atoms with E-state index in [1.165, 1.54) is 24.3 Å². The molecule has 1 rings (SSSR count). The first-order chi connectivity index (χ1) is 6.88. The Morgan fingerprint density at radius 2 is 1.87 bits per heavy atom. The fourth-order valence-electron chi connectivity index (χ4n) is 0.760. The molecule has 7 nitrogen and oxygen atoms in total. The topological polar surface area (TPSA) is 98.5 Å². The van der Waals surface area contributed by atoms with Gasteiger partial charge in [0.25, 0.3) is 5.69 Å². The predicted octanol–water partition coefficient (Wildman–Crippen LogP) is 0.438. The van der Waals surface area contributed by atoms with Crippen molar-refractivity contribution in [1.82, 2.24) is 4.89 Å². The maximum absolute atomic E-state index is 10.6. The van der Waals surface area contributed by atoms with Crippen LogP contribution in [-0.2, 0) is 10.0 Å².